The van der Waals surface area contributed by atoms with Crippen molar-refractivity contribution in [2.24, 2.45) is 0 Å². The Balaban J connectivity index is 1.63. The summed E-state index contributed by atoms with van der Waals surface area (Å²) < 4.78 is 27.7. The lowest BCUT2D eigenvalue weighted by atomic mass is 9.96. The van der Waals surface area contributed by atoms with Gasteiger partial charge in [0, 0.05) is 23.5 Å². The monoisotopic (exact) mass is 419 g/mol. The molecule has 28 heavy (non-hydrogen) atoms. The molecule has 0 spiro atoms. The van der Waals surface area contributed by atoms with Crippen LogP contribution in [0.5, 0.6) is 0 Å². The maximum atomic E-state index is 12.6. The molecule has 1 aliphatic carbocycles. The first-order chi connectivity index (χ1) is 13.3. The highest BCUT2D eigenvalue weighted by Crippen LogP contribution is 2.19. The summed E-state index contributed by atoms with van der Waals surface area (Å²) in [5, 5.41) is 7.01. The highest BCUT2D eigenvalue weighted by Gasteiger charge is 2.16. The van der Waals surface area contributed by atoms with Crippen molar-refractivity contribution in [2.45, 2.75) is 56.9 Å². The Kier molecular flexibility index (Phi) is 6.46. The lowest BCUT2D eigenvalue weighted by Crippen LogP contribution is -2.38. The first-order valence-corrected chi connectivity index (χ1v) is 11.2. The number of nitrogens with zero attached hydrogens (tertiary/aromatic N) is 2. The van der Waals surface area contributed by atoms with Gasteiger partial charge in [0.2, 0.25) is 0 Å². The number of hydrogen-bond donors (Lipinski definition) is 3. The van der Waals surface area contributed by atoms with Crippen LogP contribution < -0.4 is 15.4 Å². The molecule has 1 fully saturated rings. The van der Waals surface area contributed by atoms with Crippen molar-refractivity contribution >= 4 is 38.9 Å². The average Bonchev–Trinajstić information content (AvgIpc) is 2.61. The second-order valence-corrected chi connectivity index (χ2v) is 9.10. The number of rotatable bonds is 5. The van der Waals surface area contributed by atoms with Crippen LogP contribution in [0, 0.1) is 13.8 Å². The van der Waals surface area contributed by atoms with Crippen molar-refractivity contribution in [2.75, 3.05) is 10.0 Å². The summed E-state index contributed by atoms with van der Waals surface area (Å²) in [4.78, 5) is 8.41. The molecule has 3 N–H and O–H groups in total. The SMILES string of the molecule is Cc1cc(NS(=O)(=O)c2ccc(NC(=S)NC3CCCCC3)cc2)nc(C)n1. The molecular weight excluding hydrogens is 394 g/mol. The Morgan fingerprint density at radius 1 is 1.07 bits per heavy atom. The number of thiocarbonyl (C=S) groups is 1. The molecule has 7 nitrogen and oxygen atoms in total. The third kappa shape index (κ3) is 5.62. The summed E-state index contributed by atoms with van der Waals surface area (Å²) in [6, 6.07) is 8.47. The molecule has 150 valence electrons. The number of sulfonamides is 1. The Morgan fingerprint density at radius 3 is 2.39 bits per heavy atom. The van der Waals surface area contributed by atoms with Gasteiger partial charge in [0.1, 0.15) is 11.6 Å². The Bertz CT molecular complexity index is 919. The van der Waals surface area contributed by atoms with Crippen molar-refractivity contribution in [3.63, 3.8) is 0 Å². The van der Waals surface area contributed by atoms with Gasteiger partial charge in [-0.3, -0.25) is 4.72 Å². The van der Waals surface area contributed by atoms with Gasteiger partial charge in [-0.25, -0.2) is 18.4 Å². The first-order valence-electron chi connectivity index (χ1n) is 9.34. The summed E-state index contributed by atoms with van der Waals surface area (Å²) in [5.74, 6) is 0.765. The molecule has 0 saturated heterocycles. The molecule has 0 amide bonds. The van der Waals surface area contributed by atoms with Crippen molar-refractivity contribution in [1.82, 2.24) is 15.3 Å². The van der Waals surface area contributed by atoms with Gasteiger partial charge in [0.05, 0.1) is 4.90 Å². The van der Waals surface area contributed by atoms with E-state index in [0.717, 1.165) is 18.5 Å². The highest BCUT2D eigenvalue weighted by atomic mass is 32.2. The van der Waals surface area contributed by atoms with Crippen LogP contribution in [0.2, 0.25) is 0 Å². The molecule has 0 radical (unpaired) electrons. The van der Waals surface area contributed by atoms with Crippen LogP contribution in [0.4, 0.5) is 11.5 Å². The summed E-state index contributed by atoms with van der Waals surface area (Å²) in [7, 11) is -3.73. The van der Waals surface area contributed by atoms with E-state index in [1.165, 1.54) is 31.4 Å². The molecule has 0 aliphatic heterocycles. The minimum absolute atomic E-state index is 0.151. The summed E-state index contributed by atoms with van der Waals surface area (Å²) >= 11 is 5.37. The van der Waals surface area contributed by atoms with Gasteiger partial charge < -0.3 is 10.6 Å². The van der Waals surface area contributed by atoms with Gasteiger partial charge in [0.25, 0.3) is 10.0 Å². The van der Waals surface area contributed by atoms with E-state index in [0.29, 0.717) is 22.7 Å². The number of benzene rings is 1. The fourth-order valence-corrected chi connectivity index (χ4v) is 4.56. The summed E-state index contributed by atoms with van der Waals surface area (Å²) in [6.07, 6.45) is 6.01. The van der Waals surface area contributed by atoms with E-state index in [9.17, 15) is 8.42 Å². The molecule has 0 atom stereocenters. The van der Waals surface area contributed by atoms with E-state index >= 15 is 0 Å². The van der Waals surface area contributed by atoms with Crippen molar-refractivity contribution < 1.29 is 8.42 Å². The van der Waals surface area contributed by atoms with Gasteiger partial charge in [-0.05, 0) is 63.2 Å². The van der Waals surface area contributed by atoms with Crippen molar-refractivity contribution in [3.8, 4) is 0 Å². The minimum atomic E-state index is -3.73. The zero-order chi connectivity index (χ0) is 20.1. The standard InChI is InChI=1S/C19H25N5O2S2/c1-13-12-18(21-14(2)20-13)24-28(25,26)17-10-8-16(9-11-17)23-19(27)22-15-6-4-3-5-7-15/h8-12,15H,3-7H2,1-2H3,(H,20,21,24)(H2,22,23,27). The number of aromatic nitrogens is 2. The molecule has 2 aromatic rings. The van der Waals surface area contributed by atoms with E-state index in [2.05, 4.69) is 25.3 Å². The molecule has 1 aliphatic rings. The molecule has 1 heterocycles. The zero-order valence-corrected chi connectivity index (χ0v) is 17.7. The molecule has 1 saturated carbocycles. The smallest absolute Gasteiger partial charge is 0.263 e. The van der Waals surface area contributed by atoms with E-state index in [1.54, 1.807) is 32.0 Å². The van der Waals surface area contributed by atoms with E-state index in [-0.39, 0.29) is 10.7 Å². The predicted octanol–water partition coefficient (Wildman–Crippen LogP) is 3.51. The van der Waals surface area contributed by atoms with E-state index in [4.69, 9.17) is 12.2 Å². The first kappa shape index (κ1) is 20.5. The largest absolute Gasteiger partial charge is 0.360 e. The second-order valence-electron chi connectivity index (χ2n) is 7.01. The lowest BCUT2D eigenvalue weighted by Gasteiger charge is -2.24. The van der Waals surface area contributed by atoms with Gasteiger partial charge in [-0.15, -0.1) is 0 Å². The second kappa shape index (κ2) is 8.83. The maximum absolute atomic E-state index is 12.6. The third-order valence-corrected chi connectivity index (χ3v) is 6.16. The summed E-state index contributed by atoms with van der Waals surface area (Å²) in [6.45, 7) is 3.51. The van der Waals surface area contributed by atoms with E-state index in [1.807, 2.05) is 0 Å². The molecule has 3 rings (SSSR count). The molecule has 1 aromatic heterocycles. The van der Waals surface area contributed by atoms with Gasteiger partial charge in [-0.1, -0.05) is 19.3 Å². The minimum Gasteiger partial charge on any atom is -0.360 e. The van der Waals surface area contributed by atoms with Crippen LogP contribution in [0.15, 0.2) is 35.2 Å². The number of aryl methyl sites for hydroxylation is 2. The van der Waals surface area contributed by atoms with Crippen molar-refractivity contribution in [3.05, 3.63) is 41.9 Å². The van der Waals surface area contributed by atoms with Crippen LogP contribution in [0.1, 0.15) is 43.6 Å². The van der Waals surface area contributed by atoms with Gasteiger partial charge in [-0.2, -0.15) is 0 Å². The number of anilines is 2. The maximum Gasteiger partial charge on any atom is 0.263 e. The Hall–Kier alpha value is -2.26. The fraction of sp³-hybridized carbons (Fsp3) is 0.421. The molecule has 0 bridgehead atoms. The average molecular weight is 420 g/mol. The van der Waals surface area contributed by atoms with Crippen LogP contribution >= 0.6 is 12.2 Å². The predicted molar refractivity (Wildman–Crippen MR) is 115 cm³/mol. The number of hydrogen-bond acceptors (Lipinski definition) is 5. The topological polar surface area (TPSA) is 96.0 Å². The lowest BCUT2D eigenvalue weighted by molar-refractivity contribution is 0.415. The van der Waals surface area contributed by atoms with Crippen LogP contribution in [0.3, 0.4) is 0 Å². The van der Waals surface area contributed by atoms with E-state index < -0.39 is 10.0 Å². The third-order valence-electron chi connectivity index (χ3n) is 4.57. The van der Waals surface area contributed by atoms with Crippen LogP contribution in [0.25, 0.3) is 0 Å². The van der Waals surface area contributed by atoms with Crippen molar-refractivity contribution in [1.29, 1.82) is 0 Å². The summed E-state index contributed by atoms with van der Waals surface area (Å²) in [5.41, 5.74) is 1.43. The molecule has 9 heteroatoms. The van der Waals surface area contributed by atoms with Crippen LogP contribution in [-0.4, -0.2) is 29.5 Å². The Morgan fingerprint density at radius 2 is 1.75 bits per heavy atom. The van der Waals surface area contributed by atoms with Gasteiger partial charge >= 0.3 is 0 Å². The quantitative estimate of drug-likeness (QED) is 0.638. The van der Waals surface area contributed by atoms with Crippen LogP contribution in [-0.2, 0) is 10.0 Å². The normalized spacial score (nSPS) is 15.1. The molecule has 0 unspecified atom stereocenters. The molecular formula is C19H25N5O2S2. The molecule has 1 aromatic carbocycles. The fourth-order valence-electron chi connectivity index (χ4n) is 3.28. The zero-order valence-electron chi connectivity index (χ0n) is 16.0. The number of nitrogens with one attached hydrogen (secondary N) is 3. The van der Waals surface area contributed by atoms with Gasteiger partial charge in [0.15, 0.2) is 5.11 Å². The highest BCUT2D eigenvalue weighted by molar-refractivity contribution is 7.92. The Labute approximate surface area is 171 Å².